The number of fused-ring (bicyclic) bond motifs is 3. The van der Waals surface area contributed by atoms with Crippen LogP contribution in [0.15, 0.2) is 48.5 Å². The van der Waals surface area contributed by atoms with Crippen LogP contribution in [0.4, 0.5) is 22.0 Å². The molecule has 0 saturated heterocycles. The Kier molecular flexibility index (Phi) is 5.87. The zero-order valence-electron chi connectivity index (χ0n) is 17.3. The van der Waals surface area contributed by atoms with Gasteiger partial charge in [-0.1, -0.05) is 50.5 Å². The molecule has 0 fully saturated rings. The molecule has 0 radical (unpaired) electrons. The topological polar surface area (TPSA) is 0 Å². The maximum Gasteiger partial charge on any atom is 0.419 e. The molecule has 0 unspecified atom stereocenters. The summed E-state index contributed by atoms with van der Waals surface area (Å²) in [4.78, 5) is 0. The van der Waals surface area contributed by atoms with Gasteiger partial charge in [0, 0.05) is 5.56 Å². The number of aryl methyl sites for hydroxylation is 1. The molecule has 0 amide bonds. The van der Waals surface area contributed by atoms with E-state index in [1.54, 1.807) is 6.07 Å². The average Bonchev–Trinajstić information content (AvgIpc) is 3.06. The molecule has 0 saturated carbocycles. The summed E-state index contributed by atoms with van der Waals surface area (Å²) in [6.07, 6.45) is 1.61. The Hall–Kier alpha value is -2.69. The van der Waals surface area contributed by atoms with Gasteiger partial charge in [-0.25, -0.2) is 8.78 Å². The number of hydrogen-bond donors (Lipinski definition) is 0. The van der Waals surface area contributed by atoms with Crippen LogP contribution in [0.25, 0.3) is 22.3 Å². The van der Waals surface area contributed by atoms with E-state index < -0.39 is 23.4 Å². The molecule has 0 nitrogen and oxygen atoms in total. The molecule has 31 heavy (non-hydrogen) atoms. The molecule has 0 atom stereocenters. The van der Waals surface area contributed by atoms with Gasteiger partial charge in [0.15, 0.2) is 0 Å². The fourth-order valence-electron chi connectivity index (χ4n) is 4.32. The van der Waals surface area contributed by atoms with Crippen molar-refractivity contribution in [1.29, 1.82) is 0 Å². The van der Waals surface area contributed by atoms with Gasteiger partial charge in [0.25, 0.3) is 0 Å². The van der Waals surface area contributed by atoms with Crippen LogP contribution in [0.5, 0.6) is 0 Å². The Balaban J connectivity index is 1.61. The van der Waals surface area contributed by atoms with E-state index in [0.29, 0.717) is 12.5 Å². The van der Waals surface area contributed by atoms with E-state index in [-0.39, 0.29) is 11.1 Å². The fraction of sp³-hybridized carbons (Fsp3) is 0.308. The predicted molar refractivity (Wildman–Crippen MR) is 113 cm³/mol. The summed E-state index contributed by atoms with van der Waals surface area (Å²) in [5.41, 5.74) is 3.91. The zero-order chi connectivity index (χ0) is 22.2. The Morgan fingerprint density at radius 2 is 1.52 bits per heavy atom. The van der Waals surface area contributed by atoms with E-state index in [1.807, 2.05) is 6.07 Å². The Morgan fingerprint density at radius 1 is 0.742 bits per heavy atom. The first-order valence-corrected chi connectivity index (χ1v) is 10.6. The van der Waals surface area contributed by atoms with E-state index in [0.717, 1.165) is 47.2 Å². The summed E-state index contributed by atoms with van der Waals surface area (Å²) in [5, 5.41) is 0. The SMILES string of the molecule is CCCCCCc1ccc2c(c1)Cc1cc(-c3ccc(C(F)(F)F)c(F)c3)c(F)cc1-2. The van der Waals surface area contributed by atoms with E-state index >= 15 is 0 Å². The Labute approximate surface area is 178 Å². The van der Waals surface area contributed by atoms with E-state index in [9.17, 15) is 22.0 Å². The molecule has 5 heteroatoms. The van der Waals surface area contributed by atoms with Crippen LogP contribution in [0, 0.1) is 11.6 Å². The minimum Gasteiger partial charge on any atom is -0.206 e. The second-order valence-electron chi connectivity index (χ2n) is 8.16. The van der Waals surface area contributed by atoms with Crippen LogP contribution in [-0.2, 0) is 19.0 Å². The number of alkyl halides is 3. The number of rotatable bonds is 6. The summed E-state index contributed by atoms with van der Waals surface area (Å²) in [7, 11) is 0. The van der Waals surface area contributed by atoms with Crippen molar-refractivity contribution in [2.24, 2.45) is 0 Å². The standard InChI is InChI=1S/C26H23F5/c1-2-3-4-5-6-16-7-9-20-18(11-16)12-19-13-22(24(27)15-21(19)20)17-8-10-23(25(28)14-17)26(29,30)31/h7-11,13-15H,2-6,12H2,1H3. The second kappa shape index (κ2) is 8.45. The summed E-state index contributed by atoms with van der Waals surface area (Å²) in [5.74, 6) is -1.98. The van der Waals surface area contributed by atoms with Crippen LogP contribution in [0.2, 0.25) is 0 Å². The summed E-state index contributed by atoms with van der Waals surface area (Å²) in [6.45, 7) is 2.18. The molecule has 0 aliphatic heterocycles. The highest BCUT2D eigenvalue weighted by Gasteiger charge is 2.34. The van der Waals surface area contributed by atoms with Crippen LogP contribution in [0.3, 0.4) is 0 Å². The van der Waals surface area contributed by atoms with Crippen molar-refractivity contribution in [3.8, 4) is 22.3 Å². The van der Waals surface area contributed by atoms with Crippen molar-refractivity contribution < 1.29 is 22.0 Å². The maximum atomic E-state index is 14.9. The van der Waals surface area contributed by atoms with Gasteiger partial charge in [0.1, 0.15) is 11.6 Å². The average molecular weight is 430 g/mol. The van der Waals surface area contributed by atoms with Crippen molar-refractivity contribution in [3.05, 3.63) is 82.4 Å². The monoisotopic (exact) mass is 430 g/mol. The highest BCUT2D eigenvalue weighted by atomic mass is 19.4. The third-order valence-electron chi connectivity index (χ3n) is 5.94. The number of unbranched alkanes of at least 4 members (excludes halogenated alkanes) is 3. The highest BCUT2D eigenvalue weighted by Crippen LogP contribution is 2.41. The lowest BCUT2D eigenvalue weighted by Crippen LogP contribution is -2.08. The molecule has 0 spiro atoms. The van der Waals surface area contributed by atoms with Gasteiger partial charge in [-0.2, -0.15) is 13.2 Å². The van der Waals surface area contributed by atoms with E-state index in [4.69, 9.17) is 0 Å². The number of hydrogen-bond acceptors (Lipinski definition) is 0. The molecular weight excluding hydrogens is 407 g/mol. The van der Waals surface area contributed by atoms with Crippen LogP contribution < -0.4 is 0 Å². The molecule has 0 N–H and O–H groups in total. The zero-order valence-corrected chi connectivity index (χ0v) is 17.3. The quantitative estimate of drug-likeness (QED) is 0.213. The normalized spacial score (nSPS) is 12.7. The molecule has 1 aliphatic carbocycles. The molecule has 0 aromatic heterocycles. The molecule has 4 rings (SSSR count). The fourth-order valence-corrected chi connectivity index (χ4v) is 4.32. The second-order valence-corrected chi connectivity index (χ2v) is 8.16. The minimum absolute atomic E-state index is 0.0957. The first-order chi connectivity index (χ1) is 14.8. The lowest BCUT2D eigenvalue weighted by atomic mass is 9.97. The van der Waals surface area contributed by atoms with Gasteiger partial charge >= 0.3 is 6.18 Å². The third-order valence-corrected chi connectivity index (χ3v) is 5.94. The van der Waals surface area contributed by atoms with E-state index in [1.165, 1.54) is 30.9 Å². The molecular formula is C26H23F5. The van der Waals surface area contributed by atoms with Gasteiger partial charge in [0.05, 0.1) is 5.56 Å². The Bertz CT molecular complexity index is 1110. The maximum absolute atomic E-state index is 14.9. The molecule has 0 heterocycles. The minimum atomic E-state index is -4.78. The molecule has 3 aromatic carbocycles. The third kappa shape index (κ3) is 4.36. The summed E-state index contributed by atoms with van der Waals surface area (Å²) in [6, 6.07) is 11.8. The molecule has 0 bridgehead atoms. The predicted octanol–water partition coefficient (Wildman–Crippen LogP) is 8.34. The largest absolute Gasteiger partial charge is 0.419 e. The van der Waals surface area contributed by atoms with Gasteiger partial charge in [-0.3, -0.25) is 0 Å². The first kappa shape index (κ1) is 21.5. The summed E-state index contributed by atoms with van der Waals surface area (Å²) >= 11 is 0. The lowest BCUT2D eigenvalue weighted by molar-refractivity contribution is -0.139. The van der Waals surface area contributed by atoms with Crippen LogP contribution >= 0.6 is 0 Å². The Morgan fingerprint density at radius 3 is 2.23 bits per heavy atom. The van der Waals surface area contributed by atoms with Crippen molar-refractivity contribution in [2.45, 2.75) is 51.6 Å². The van der Waals surface area contributed by atoms with Gasteiger partial charge in [-0.15, -0.1) is 0 Å². The number of halogens is 5. The first-order valence-electron chi connectivity index (χ1n) is 10.6. The van der Waals surface area contributed by atoms with Crippen molar-refractivity contribution in [3.63, 3.8) is 0 Å². The molecule has 162 valence electrons. The van der Waals surface area contributed by atoms with Crippen molar-refractivity contribution >= 4 is 0 Å². The van der Waals surface area contributed by atoms with E-state index in [2.05, 4.69) is 19.1 Å². The van der Waals surface area contributed by atoms with Gasteiger partial charge in [0.2, 0.25) is 0 Å². The van der Waals surface area contributed by atoms with Crippen LogP contribution in [0.1, 0.15) is 54.9 Å². The lowest BCUT2D eigenvalue weighted by Gasteiger charge is -2.11. The summed E-state index contributed by atoms with van der Waals surface area (Å²) < 4.78 is 67.4. The van der Waals surface area contributed by atoms with Gasteiger partial charge in [-0.05, 0) is 76.9 Å². The molecule has 3 aromatic rings. The van der Waals surface area contributed by atoms with Crippen molar-refractivity contribution in [1.82, 2.24) is 0 Å². The highest BCUT2D eigenvalue weighted by molar-refractivity contribution is 5.81. The molecule has 1 aliphatic rings. The smallest absolute Gasteiger partial charge is 0.206 e. The number of benzene rings is 3. The van der Waals surface area contributed by atoms with Crippen LogP contribution in [-0.4, -0.2) is 0 Å². The van der Waals surface area contributed by atoms with Crippen molar-refractivity contribution in [2.75, 3.05) is 0 Å². The van der Waals surface area contributed by atoms with Gasteiger partial charge < -0.3 is 0 Å².